The molecule has 3 amide bonds. The summed E-state index contributed by atoms with van der Waals surface area (Å²) < 4.78 is 0. The van der Waals surface area contributed by atoms with Gasteiger partial charge in [0.2, 0.25) is 5.91 Å². The second-order valence-corrected chi connectivity index (χ2v) is 5.43. The molecule has 0 unspecified atom stereocenters. The van der Waals surface area contributed by atoms with Crippen LogP contribution in [0.15, 0.2) is 48.5 Å². The first-order valence-corrected chi connectivity index (χ1v) is 7.55. The smallest absolute Gasteiger partial charge is 0.333 e. The molecule has 3 rings (SSSR count). The zero-order chi connectivity index (χ0) is 18.0. The Morgan fingerprint density at radius 1 is 0.920 bits per heavy atom. The van der Waals surface area contributed by atoms with Crippen molar-refractivity contribution >= 4 is 23.7 Å². The fourth-order valence-electron chi connectivity index (χ4n) is 2.61. The van der Waals surface area contributed by atoms with Crippen molar-refractivity contribution in [2.24, 2.45) is 5.73 Å². The van der Waals surface area contributed by atoms with E-state index in [2.05, 4.69) is 0 Å². The molecule has 2 aromatic carbocycles. The number of carbonyl (C=O) groups excluding carboxylic acids is 4. The molecule has 1 heterocycles. The summed E-state index contributed by atoms with van der Waals surface area (Å²) in [5.41, 5.74) is 6.58. The second-order valence-electron chi connectivity index (χ2n) is 5.43. The van der Waals surface area contributed by atoms with Crippen molar-refractivity contribution in [3.05, 3.63) is 70.8 Å². The Kier molecular flexibility index (Phi) is 4.30. The average molecular weight is 338 g/mol. The van der Waals surface area contributed by atoms with Gasteiger partial charge in [0.1, 0.15) is 0 Å². The van der Waals surface area contributed by atoms with Crippen molar-refractivity contribution in [3.63, 3.8) is 0 Å². The SMILES string of the molecule is NC(=O)c1ccccc1CCC(=O)ON1C(=O)c2ccccc2C1=O. The van der Waals surface area contributed by atoms with E-state index in [0.717, 1.165) is 0 Å². The van der Waals surface area contributed by atoms with Gasteiger partial charge in [-0.3, -0.25) is 14.4 Å². The Labute approximate surface area is 142 Å². The van der Waals surface area contributed by atoms with E-state index in [0.29, 0.717) is 16.2 Å². The molecule has 0 radical (unpaired) electrons. The first-order chi connectivity index (χ1) is 12.0. The molecule has 1 aliphatic heterocycles. The Morgan fingerprint density at radius 3 is 2.08 bits per heavy atom. The highest BCUT2D eigenvalue weighted by molar-refractivity contribution is 6.20. The summed E-state index contributed by atoms with van der Waals surface area (Å²) in [5, 5.41) is 0.465. The molecule has 0 bridgehead atoms. The molecule has 0 saturated heterocycles. The van der Waals surface area contributed by atoms with Gasteiger partial charge in [0, 0.05) is 5.56 Å². The van der Waals surface area contributed by atoms with E-state index < -0.39 is 23.7 Å². The van der Waals surface area contributed by atoms with Gasteiger partial charge in [-0.1, -0.05) is 35.4 Å². The molecule has 7 heteroatoms. The van der Waals surface area contributed by atoms with Gasteiger partial charge in [0.25, 0.3) is 11.8 Å². The largest absolute Gasteiger partial charge is 0.366 e. The lowest BCUT2D eigenvalue weighted by Gasteiger charge is -2.13. The standard InChI is InChI=1S/C18H14N2O5/c19-16(22)12-6-2-1-5-11(12)9-10-15(21)25-20-17(23)13-7-3-4-8-14(13)18(20)24/h1-8H,9-10H2,(H2,19,22). The molecule has 0 aromatic heterocycles. The summed E-state index contributed by atoms with van der Waals surface area (Å²) in [6.07, 6.45) is 0.0822. The number of amides is 3. The van der Waals surface area contributed by atoms with E-state index in [1.165, 1.54) is 12.1 Å². The number of carbonyl (C=O) groups is 4. The summed E-state index contributed by atoms with van der Waals surface area (Å²) in [7, 11) is 0. The van der Waals surface area contributed by atoms with Gasteiger partial charge in [0.15, 0.2) is 0 Å². The molecule has 0 atom stereocenters. The van der Waals surface area contributed by atoms with Crippen LogP contribution in [0.25, 0.3) is 0 Å². The zero-order valence-corrected chi connectivity index (χ0v) is 13.1. The van der Waals surface area contributed by atoms with E-state index in [-0.39, 0.29) is 24.0 Å². The van der Waals surface area contributed by atoms with Crippen LogP contribution in [0.3, 0.4) is 0 Å². The number of hydrogen-bond donors (Lipinski definition) is 1. The minimum atomic E-state index is -0.756. The number of hydrogen-bond acceptors (Lipinski definition) is 5. The van der Waals surface area contributed by atoms with Crippen LogP contribution in [0, 0.1) is 0 Å². The Hall–Kier alpha value is -3.48. The molecule has 0 spiro atoms. The summed E-state index contributed by atoms with van der Waals surface area (Å²) in [5.74, 6) is -2.70. The fourth-order valence-corrected chi connectivity index (χ4v) is 2.61. The minimum Gasteiger partial charge on any atom is -0.366 e. The number of nitrogens with two attached hydrogens (primary N) is 1. The number of benzene rings is 2. The molecular formula is C18H14N2O5. The number of primary amides is 1. The zero-order valence-electron chi connectivity index (χ0n) is 13.1. The van der Waals surface area contributed by atoms with E-state index in [1.54, 1.807) is 36.4 Å². The number of rotatable bonds is 5. The van der Waals surface area contributed by atoms with E-state index >= 15 is 0 Å². The maximum absolute atomic E-state index is 12.1. The van der Waals surface area contributed by atoms with Crippen LogP contribution in [0.1, 0.15) is 43.1 Å². The first-order valence-electron chi connectivity index (χ1n) is 7.55. The summed E-state index contributed by atoms with van der Waals surface area (Å²) in [6.45, 7) is 0. The van der Waals surface area contributed by atoms with Crippen LogP contribution >= 0.6 is 0 Å². The summed E-state index contributed by atoms with van der Waals surface area (Å²) >= 11 is 0. The third-order valence-corrected chi connectivity index (χ3v) is 3.83. The lowest BCUT2D eigenvalue weighted by atomic mass is 10.0. The van der Waals surface area contributed by atoms with E-state index in [4.69, 9.17) is 10.6 Å². The van der Waals surface area contributed by atoms with Crippen molar-refractivity contribution < 1.29 is 24.0 Å². The Morgan fingerprint density at radius 2 is 1.48 bits per heavy atom. The van der Waals surface area contributed by atoms with Gasteiger partial charge in [-0.15, -0.1) is 0 Å². The van der Waals surface area contributed by atoms with Crippen LogP contribution in [-0.4, -0.2) is 28.8 Å². The van der Waals surface area contributed by atoms with Crippen LogP contribution in [0.2, 0.25) is 0 Å². The highest BCUT2D eigenvalue weighted by Crippen LogP contribution is 2.23. The van der Waals surface area contributed by atoms with Crippen molar-refractivity contribution in [3.8, 4) is 0 Å². The third-order valence-electron chi connectivity index (χ3n) is 3.83. The average Bonchev–Trinajstić information content (AvgIpc) is 2.85. The maximum atomic E-state index is 12.1. The number of imide groups is 1. The molecule has 1 aliphatic rings. The number of hydroxylamine groups is 2. The molecule has 0 saturated carbocycles. The number of aryl methyl sites for hydroxylation is 1. The Balaban J connectivity index is 1.66. The molecule has 2 N–H and O–H groups in total. The predicted molar refractivity (Wildman–Crippen MR) is 86.3 cm³/mol. The maximum Gasteiger partial charge on any atom is 0.333 e. The van der Waals surface area contributed by atoms with Gasteiger partial charge in [-0.05, 0) is 30.2 Å². The lowest BCUT2D eigenvalue weighted by Crippen LogP contribution is -2.32. The second kappa shape index (κ2) is 6.56. The van der Waals surface area contributed by atoms with Crippen molar-refractivity contribution in [2.45, 2.75) is 12.8 Å². The van der Waals surface area contributed by atoms with Gasteiger partial charge in [-0.25, -0.2) is 4.79 Å². The van der Waals surface area contributed by atoms with Gasteiger partial charge in [0.05, 0.1) is 17.5 Å². The molecular weight excluding hydrogens is 324 g/mol. The van der Waals surface area contributed by atoms with Crippen molar-refractivity contribution in [2.75, 3.05) is 0 Å². The topological polar surface area (TPSA) is 107 Å². The fraction of sp³-hybridized carbons (Fsp3) is 0.111. The van der Waals surface area contributed by atoms with Crippen LogP contribution < -0.4 is 5.73 Å². The molecule has 2 aromatic rings. The van der Waals surface area contributed by atoms with Gasteiger partial charge < -0.3 is 10.6 Å². The summed E-state index contributed by atoms with van der Waals surface area (Å²) in [6, 6.07) is 12.9. The normalized spacial score (nSPS) is 12.9. The van der Waals surface area contributed by atoms with Crippen LogP contribution in [0.5, 0.6) is 0 Å². The molecule has 25 heavy (non-hydrogen) atoms. The molecule has 126 valence electrons. The van der Waals surface area contributed by atoms with Crippen LogP contribution in [0.4, 0.5) is 0 Å². The number of nitrogens with zero attached hydrogens (tertiary/aromatic N) is 1. The van der Waals surface area contributed by atoms with Crippen molar-refractivity contribution in [1.29, 1.82) is 0 Å². The van der Waals surface area contributed by atoms with Gasteiger partial charge in [-0.2, -0.15) is 0 Å². The first kappa shape index (κ1) is 16.4. The number of fused-ring (bicyclic) bond motifs is 1. The van der Waals surface area contributed by atoms with Crippen molar-refractivity contribution in [1.82, 2.24) is 5.06 Å². The lowest BCUT2D eigenvalue weighted by molar-refractivity contribution is -0.168. The third kappa shape index (κ3) is 3.12. The minimum absolute atomic E-state index is 0.113. The van der Waals surface area contributed by atoms with E-state index in [1.807, 2.05) is 0 Å². The predicted octanol–water partition coefficient (Wildman–Crippen LogP) is 1.47. The Bertz CT molecular complexity index is 856. The quantitative estimate of drug-likeness (QED) is 0.831. The van der Waals surface area contributed by atoms with Gasteiger partial charge >= 0.3 is 5.97 Å². The highest BCUT2D eigenvalue weighted by Gasteiger charge is 2.38. The summed E-state index contributed by atoms with van der Waals surface area (Å²) in [4.78, 5) is 52.6. The van der Waals surface area contributed by atoms with Crippen LogP contribution in [-0.2, 0) is 16.1 Å². The molecule has 0 fully saturated rings. The molecule has 7 nitrogen and oxygen atoms in total. The highest BCUT2D eigenvalue weighted by atomic mass is 16.7. The molecule has 0 aliphatic carbocycles. The van der Waals surface area contributed by atoms with E-state index in [9.17, 15) is 19.2 Å². The monoisotopic (exact) mass is 338 g/mol.